The lowest BCUT2D eigenvalue weighted by Gasteiger charge is -2.23. The highest BCUT2D eigenvalue weighted by molar-refractivity contribution is 6.34. The van der Waals surface area contributed by atoms with E-state index in [1.54, 1.807) is 0 Å². The molecule has 1 aliphatic carbocycles. The van der Waals surface area contributed by atoms with Crippen molar-refractivity contribution in [3.05, 3.63) is 29.0 Å². The van der Waals surface area contributed by atoms with Crippen LogP contribution in [0, 0.1) is 5.92 Å². The molecule has 0 unspecified atom stereocenters. The molecule has 0 bridgehead atoms. The van der Waals surface area contributed by atoms with Gasteiger partial charge in [-0.3, -0.25) is 0 Å². The van der Waals surface area contributed by atoms with E-state index in [1.807, 2.05) is 18.2 Å². The highest BCUT2D eigenvalue weighted by Crippen LogP contribution is 2.30. The van der Waals surface area contributed by atoms with E-state index in [2.05, 4.69) is 9.97 Å². The SMILES string of the molecule is Clc1cccc2[nH]c(CC3CCC3)nc12. The molecule has 78 valence electrons. The lowest BCUT2D eigenvalue weighted by Crippen LogP contribution is -2.14. The molecule has 0 radical (unpaired) electrons. The Morgan fingerprint density at radius 3 is 2.93 bits per heavy atom. The van der Waals surface area contributed by atoms with Gasteiger partial charge in [-0.2, -0.15) is 0 Å². The van der Waals surface area contributed by atoms with Crippen molar-refractivity contribution in [3.8, 4) is 0 Å². The fourth-order valence-corrected chi connectivity index (χ4v) is 2.33. The first-order chi connectivity index (χ1) is 7.33. The van der Waals surface area contributed by atoms with E-state index in [-0.39, 0.29) is 0 Å². The van der Waals surface area contributed by atoms with Crippen LogP contribution in [0.1, 0.15) is 25.1 Å². The molecule has 1 heterocycles. The average molecular weight is 221 g/mol. The molecule has 2 nitrogen and oxygen atoms in total. The zero-order valence-corrected chi connectivity index (χ0v) is 9.22. The highest BCUT2D eigenvalue weighted by atomic mass is 35.5. The first-order valence-corrected chi connectivity index (χ1v) is 5.84. The van der Waals surface area contributed by atoms with Crippen molar-refractivity contribution in [2.45, 2.75) is 25.7 Å². The molecule has 1 fully saturated rings. The number of halogens is 1. The number of nitrogens with zero attached hydrogens (tertiary/aromatic N) is 1. The first-order valence-electron chi connectivity index (χ1n) is 5.46. The topological polar surface area (TPSA) is 28.7 Å². The summed E-state index contributed by atoms with van der Waals surface area (Å²) in [4.78, 5) is 7.89. The Labute approximate surface area is 93.7 Å². The number of para-hydroxylation sites is 1. The number of hydrogen-bond acceptors (Lipinski definition) is 1. The highest BCUT2D eigenvalue weighted by Gasteiger charge is 2.19. The molecule has 0 atom stereocenters. The van der Waals surface area contributed by atoms with Gasteiger partial charge in [-0.25, -0.2) is 4.98 Å². The zero-order chi connectivity index (χ0) is 10.3. The molecule has 0 amide bonds. The van der Waals surface area contributed by atoms with Crippen LogP contribution in [0.3, 0.4) is 0 Å². The number of fused-ring (bicyclic) bond motifs is 1. The van der Waals surface area contributed by atoms with Crippen molar-refractivity contribution in [1.82, 2.24) is 9.97 Å². The van der Waals surface area contributed by atoms with Crippen LogP contribution >= 0.6 is 11.6 Å². The van der Waals surface area contributed by atoms with E-state index in [9.17, 15) is 0 Å². The van der Waals surface area contributed by atoms with Crippen molar-refractivity contribution in [2.75, 3.05) is 0 Å². The number of rotatable bonds is 2. The van der Waals surface area contributed by atoms with Crippen LogP contribution in [0.25, 0.3) is 11.0 Å². The van der Waals surface area contributed by atoms with Gasteiger partial charge in [-0.1, -0.05) is 36.9 Å². The van der Waals surface area contributed by atoms with Crippen molar-refractivity contribution >= 4 is 22.6 Å². The maximum Gasteiger partial charge on any atom is 0.107 e. The monoisotopic (exact) mass is 220 g/mol. The molecule has 0 spiro atoms. The zero-order valence-electron chi connectivity index (χ0n) is 8.46. The molecule has 1 N–H and O–H groups in total. The second kappa shape index (κ2) is 3.53. The predicted octanol–water partition coefficient (Wildman–Crippen LogP) is 3.56. The Morgan fingerprint density at radius 2 is 2.27 bits per heavy atom. The molecule has 3 rings (SSSR count). The van der Waals surface area contributed by atoms with Crippen LogP contribution in [0.2, 0.25) is 5.02 Å². The molecular formula is C12H13ClN2. The Balaban J connectivity index is 1.95. The van der Waals surface area contributed by atoms with E-state index < -0.39 is 0 Å². The number of aromatic nitrogens is 2. The van der Waals surface area contributed by atoms with Crippen molar-refractivity contribution in [2.24, 2.45) is 5.92 Å². The molecule has 3 heteroatoms. The van der Waals surface area contributed by atoms with E-state index in [0.29, 0.717) is 0 Å². The number of aromatic amines is 1. The third kappa shape index (κ3) is 1.63. The number of imidazole rings is 1. The molecular weight excluding hydrogens is 208 g/mol. The lowest BCUT2D eigenvalue weighted by molar-refractivity contribution is 0.310. The summed E-state index contributed by atoms with van der Waals surface area (Å²) in [6.45, 7) is 0. The number of benzene rings is 1. The summed E-state index contributed by atoms with van der Waals surface area (Å²) < 4.78 is 0. The van der Waals surface area contributed by atoms with E-state index >= 15 is 0 Å². The number of nitrogens with one attached hydrogen (secondary N) is 1. The molecule has 0 aliphatic heterocycles. The van der Waals surface area contributed by atoms with Crippen LogP contribution in [-0.4, -0.2) is 9.97 Å². The van der Waals surface area contributed by atoms with Gasteiger partial charge < -0.3 is 4.98 Å². The van der Waals surface area contributed by atoms with Gasteiger partial charge in [0.15, 0.2) is 0 Å². The number of hydrogen-bond donors (Lipinski definition) is 1. The maximum atomic E-state index is 6.07. The van der Waals surface area contributed by atoms with Crippen LogP contribution in [-0.2, 0) is 6.42 Å². The second-order valence-electron chi connectivity index (χ2n) is 4.32. The van der Waals surface area contributed by atoms with Crippen molar-refractivity contribution < 1.29 is 0 Å². The van der Waals surface area contributed by atoms with Gasteiger partial charge in [0.2, 0.25) is 0 Å². The van der Waals surface area contributed by atoms with Crippen LogP contribution in [0.4, 0.5) is 0 Å². The maximum absolute atomic E-state index is 6.07. The van der Waals surface area contributed by atoms with Gasteiger partial charge in [-0.15, -0.1) is 0 Å². The summed E-state index contributed by atoms with van der Waals surface area (Å²) in [5, 5.41) is 0.739. The Hall–Kier alpha value is -1.02. The van der Waals surface area contributed by atoms with Gasteiger partial charge in [0.25, 0.3) is 0 Å². The molecule has 1 saturated carbocycles. The molecule has 0 saturated heterocycles. The minimum absolute atomic E-state index is 0.739. The van der Waals surface area contributed by atoms with Crippen LogP contribution < -0.4 is 0 Å². The average Bonchev–Trinajstić information content (AvgIpc) is 2.56. The second-order valence-corrected chi connectivity index (χ2v) is 4.73. The minimum Gasteiger partial charge on any atom is -0.342 e. The van der Waals surface area contributed by atoms with Gasteiger partial charge in [-0.05, 0) is 18.1 Å². The quantitative estimate of drug-likeness (QED) is 0.824. The van der Waals surface area contributed by atoms with E-state index in [0.717, 1.165) is 34.2 Å². The van der Waals surface area contributed by atoms with Gasteiger partial charge in [0.05, 0.1) is 10.5 Å². The Morgan fingerprint density at radius 1 is 1.40 bits per heavy atom. The Kier molecular flexibility index (Phi) is 2.17. The summed E-state index contributed by atoms with van der Waals surface area (Å²) in [7, 11) is 0. The smallest absolute Gasteiger partial charge is 0.107 e. The third-order valence-electron chi connectivity index (χ3n) is 3.22. The minimum atomic E-state index is 0.739. The van der Waals surface area contributed by atoms with Gasteiger partial charge in [0.1, 0.15) is 11.3 Å². The summed E-state index contributed by atoms with van der Waals surface area (Å²) in [5.41, 5.74) is 1.96. The summed E-state index contributed by atoms with van der Waals surface area (Å²) >= 11 is 6.07. The molecule has 1 aliphatic rings. The summed E-state index contributed by atoms with van der Waals surface area (Å²) in [6, 6.07) is 5.87. The van der Waals surface area contributed by atoms with Gasteiger partial charge in [0, 0.05) is 6.42 Å². The fraction of sp³-hybridized carbons (Fsp3) is 0.417. The first kappa shape index (κ1) is 9.22. The molecule has 15 heavy (non-hydrogen) atoms. The Bertz CT molecular complexity index is 485. The van der Waals surface area contributed by atoms with Crippen molar-refractivity contribution in [3.63, 3.8) is 0 Å². The normalized spacial score (nSPS) is 16.9. The van der Waals surface area contributed by atoms with Crippen molar-refractivity contribution in [1.29, 1.82) is 0 Å². The molecule has 1 aromatic carbocycles. The standard InChI is InChI=1S/C12H13ClN2/c13-9-5-2-6-10-12(9)15-11(14-10)7-8-3-1-4-8/h2,5-6,8H,1,3-4,7H2,(H,14,15). The van der Waals surface area contributed by atoms with Crippen LogP contribution in [0.5, 0.6) is 0 Å². The molecule has 1 aromatic heterocycles. The number of H-pyrrole nitrogens is 1. The van der Waals surface area contributed by atoms with E-state index in [4.69, 9.17) is 11.6 Å². The third-order valence-corrected chi connectivity index (χ3v) is 3.52. The fourth-order valence-electron chi connectivity index (χ4n) is 2.12. The predicted molar refractivity (Wildman–Crippen MR) is 62.1 cm³/mol. The molecule has 2 aromatic rings. The largest absolute Gasteiger partial charge is 0.342 e. The van der Waals surface area contributed by atoms with Gasteiger partial charge >= 0.3 is 0 Å². The summed E-state index contributed by atoms with van der Waals surface area (Å²) in [5.74, 6) is 1.92. The van der Waals surface area contributed by atoms with E-state index in [1.165, 1.54) is 19.3 Å². The summed E-state index contributed by atoms with van der Waals surface area (Å²) in [6.07, 6.45) is 5.16. The van der Waals surface area contributed by atoms with Crippen LogP contribution in [0.15, 0.2) is 18.2 Å². The lowest BCUT2D eigenvalue weighted by atomic mass is 9.83.